The summed E-state index contributed by atoms with van der Waals surface area (Å²) in [5, 5.41) is 19.9. The summed E-state index contributed by atoms with van der Waals surface area (Å²) >= 11 is 0. The van der Waals surface area contributed by atoms with Gasteiger partial charge in [-0.3, -0.25) is 4.72 Å². The quantitative estimate of drug-likeness (QED) is 0.255. The second-order valence-electron chi connectivity index (χ2n) is 10.2. The predicted molar refractivity (Wildman–Crippen MR) is 152 cm³/mol. The molecule has 0 radical (unpaired) electrons. The van der Waals surface area contributed by atoms with E-state index in [0.29, 0.717) is 31.2 Å². The zero-order chi connectivity index (χ0) is 29.6. The number of hydrogen-bond donors (Lipinski definition) is 2. The van der Waals surface area contributed by atoms with Crippen LogP contribution in [0.5, 0.6) is 0 Å². The molecule has 1 aliphatic rings. The van der Waals surface area contributed by atoms with E-state index in [0.717, 1.165) is 12.0 Å². The lowest BCUT2D eigenvalue weighted by atomic mass is 9.80. The molecule has 2 aromatic carbocycles. The number of halogens is 1. The standard InChI is InChI=1S/C31H32FN3O5S/c1-3-15-31(16-14-21-8-11-24(32)12-9-21)18-27(36)29(30(37)40-31)26(4-2)23-6-5-7-25(17-23)35-41(38,39)28-13-10-22(19-33)20-34-28/h5-13,17,20,26,35-36H,3-4,14-16,18H2,1-2H3/t26-,31+/m0/s1. The van der Waals surface area contributed by atoms with Gasteiger partial charge in [0.05, 0.1) is 11.1 Å². The van der Waals surface area contributed by atoms with E-state index in [9.17, 15) is 22.7 Å². The van der Waals surface area contributed by atoms with Crippen LogP contribution in [-0.4, -0.2) is 30.1 Å². The summed E-state index contributed by atoms with van der Waals surface area (Å²) in [5.41, 5.74) is 1.33. The molecule has 0 bridgehead atoms. The fourth-order valence-electron chi connectivity index (χ4n) is 5.27. The molecule has 214 valence electrons. The van der Waals surface area contributed by atoms with Crippen molar-refractivity contribution in [1.82, 2.24) is 4.98 Å². The van der Waals surface area contributed by atoms with Crippen LogP contribution < -0.4 is 4.72 Å². The number of carbonyl (C=O) groups excluding carboxylic acids is 1. The first-order chi connectivity index (χ1) is 19.6. The Morgan fingerprint density at radius 3 is 2.51 bits per heavy atom. The Morgan fingerprint density at radius 2 is 1.90 bits per heavy atom. The summed E-state index contributed by atoms with van der Waals surface area (Å²) in [6.07, 6.45) is 4.15. The minimum atomic E-state index is -4.03. The van der Waals surface area contributed by atoms with Crippen LogP contribution in [0.15, 0.2) is 83.2 Å². The number of benzene rings is 2. The van der Waals surface area contributed by atoms with E-state index in [2.05, 4.69) is 9.71 Å². The lowest BCUT2D eigenvalue weighted by Crippen LogP contribution is -2.41. The smallest absolute Gasteiger partial charge is 0.338 e. The number of aromatic nitrogens is 1. The highest BCUT2D eigenvalue weighted by molar-refractivity contribution is 7.92. The molecule has 0 saturated heterocycles. The molecule has 2 heterocycles. The van der Waals surface area contributed by atoms with Crippen molar-refractivity contribution in [3.05, 3.63) is 101 Å². The third-order valence-corrected chi connectivity index (χ3v) is 8.55. The van der Waals surface area contributed by atoms with Crippen molar-refractivity contribution in [3.63, 3.8) is 0 Å². The summed E-state index contributed by atoms with van der Waals surface area (Å²) in [6.45, 7) is 3.86. The average molecular weight is 578 g/mol. The number of nitrogens with one attached hydrogen (secondary N) is 1. The first kappa shape index (κ1) is 29.7. The van der Waals surface area contributed by atoms with Crippen LogP contribution >= 0.6 is 0 Å². The number of aryl methyl sites for hydroxylation is 1. The Kier molecular flexibility index (Phi) is 9.08. The van der Waals surface area contributed by atoms with Gasteiger partial charge in [0.25, 0.3) is 10.0 Å². The molecule has 3 aromatic rings. The molecule has 2 atom stereocenters. The molecule has 41 heavy (non-hydrogen) atoms. The van der Waals surface area contributed by atoms with Gasteiger partial charge in [-0.2, -0.15) is 13.7 Å². The largest absolute Gasteiger partial charge is 0.512 e. The molecular formula is C31H32FN3O5S. The number of aliphatic hydroxyl groups is 1. The van der Waals surface area contributed by atoms with Gasteiger partial charge in [-0.15, -0.1) is 0 Å². The summed E-state index contributed by atoms with van der Waals surface area (Å²) in [7, 11) is -4.03. The summed E-state index contributed by atoms with van der Waals surface area (Å²) in [5.74, 6) is -1.48. The number of cyclic esters (lactones) is 1. The molecule has 1 aliphatic heterocycles. The summed E-state index contributed by atoms with van der Waals surface area (Å²) in [6, 6.07) is 17.3. The molecule has 4 rings (SSSR count). The molecule has 0 aliphatic carbocycles. The number of anilines is 1. The first-order valence-corrected chi connectivity index (χ1v) is 15.0. The number of carbonyl (C=O) groups is 1. The lowest BCUT2D eigenvalue weighted by Gasteiger charge is -2.38. The van der Waals surface area contributed by atoms with Gasteiger partial charge >= 0.3 is 5.97 Å². The Balaban J connectivity index is 1.57. The highest BCUT2D eigenvalue weighted by atomic mass is 32.2. The zero-order valence-corrected chi connectivity index (χ0v) is 23.7. The van der Waals surface area contributed by atoms with Crippen molar-refractivity contribution >= 4 is 21.7 Å². The second-order valence-corrected chi connectivity index (χ2v) is 11.8. The zero-order valence-electron chi connectivity index (χ0n) is 22.9. The van der Waals surface area contributed by atoms with Gasteiger partial charge < -0.3 is 9.84 Å². The topological polar surface area (TPSA) is 129 Å². The lowest BCUT2D eigenvalue weighted by molar-refractivity contribution is -0.161. The van der Waals surface area contributed by atoms with E-state index in [1.54, 1.807) is 36.4 Å². The number of esters is 1. The number of sulfonamides is 1. The number of hydrogen-bond acceptors (Lipinski definition) is 7. The van der Waals surface area contributed by atoms with E-state index in [1.165, 1.54) is 30.5 Å². The average Bonchev–Trinajstić information content (AvgIpc) is 2.95. The van der Waals surface area contributed by atoms with Gasteiger partial charge in [0.15, 0.2) is 5.03 Å². The van der Waals surface area contributed by atoms with Crippen molar-refractivity contribution in [1.29, 1.82) is 5.26 Å². The number of ether oxygens (including phenoxy) is 1. The number of nitriles is 1. The van der Waals surface area contributed by atoms with Gasteiger partial charge in [-0.1, -0.05) is 44.5 Å². The van der Waals surface area contributed by atoms with Gasteiger partial charge in [0, 0.05) is 24.2 Å². The molecule has 0 amide bonds. The third-order valence-electron chi connectivity index (χ3n) is 7.26. The maximum atomic E-state index is 13.4. The minimum absolute atomic E-state index is 0.0339. The molecule has 1 aromatic heterocycles. The highest BCUT2D eigenvalue weighted by Gasteiger charge is 2.43. The molecule has 8 nitrogen and oxygen atoms in total. The number of aliphatic hydroxyl groups excluding tert-OH is 1. The van der Waals surface area contributed by atoms with Gasteiger partial charge in [0.2, 0.25) is 0 Å². The third kappa shape index (κ3) is 6.92. The minimum Gasteiger partial charge on any atom is -0.512 e. The van der Waals surface area contributed by atoms with Crippen molar-refractivity contribution < 1.29 is 27.4 Å². The molecule has 0 unspecified atom stereocenters. The van der Waals surface area contributed by atoms with Crippen molar-refractivity contribution in [2.24, 2.45) is 0 Å². The van der Waals surface area contributed by atoms with E-state index in [4.69, 9.17) is 10.00 Å². The SMILES string of the molecule is CCC[C@@]1(CCc2ccc(F)cc2)CC(O)=C([C@@H](CC)c2cccc(NS(=O)(=O)c3ccc(C#N)cn3)c2)C(=O)O1. The number of nitrogens with zero attached hydrogens (tertiary/aromatic N) is 2. The number of rotatable bonds is 11. The maximum absolute atomic E-state index is 13.4. The van der Waals surface area contributed by atoms with Crippen molar-refractivity contribution in [2.45, 2.75) is 68.9 Å². The van der Waals surface area contributed by atoms with Crippen molar-refractivity contribution in [3.8, 4) is 6.07 Å². The van der Waals surface area contributed by atoms with E-state index >= 15 is 0 Å². The summed E-state index contributed by atoms with van der Waals surface area (Å²) in [4.78, 5) is 17.3. The normalized spacial score (nSPS) is 18.0. The van der Waals surface area contributed by atoms with Crippen LogP contribution in [0.25, 0.3) is 0 Å². The fraction of sp³-hybridized carbons (Fsp3) is 0.323. The van der Waals surface area contributed by atoms with Crippen LogP contribution in [0.1, 0.15) is 68.6 Å². The maximum Gasteiger partial charge on any atom is 0.338 e. The second kappa shape index (κ2) is 12.5. The van der Waals surface area contributed by atoms with E-state index in [-0.39, 0.29) is 39.8 Å². The van der Waals surface area contributed by atoms with E-state index < -0.39 is 27.5 Å². The summed E-state index contributed by atoms with van der Waals surface area (Å²) < 4.78 is 47.6. The Morgan fingerprint density at radius 1 is 1.15 bits per heavy atom. The van der Waals surface area contributed by atoms with Crippen molar-refractivity contribution in [2.75, 3.05) is 4.72 Å². The fourth-order valence-corrected chi connectivity index (χ4v) is 6.25. The first-order valence-electron chi connectivity index (χ1n) is 13.5. The van der Waals surface area contributed by atoms with E-state index in [1.807, 2.05) is 19.9 Å². The van der Waals surface area contributed by atoms with Gasteiger partial charge in [0.1, 0.15) is 23.2 Å². The van der Waals surface area contributed by atoms with Gasteiger partial charge in [-0.05, 0) is 73.2 Å². The molecule has 10 heteroatoms. The highest BCUT2D eigenvalue weighted by Crippen LogP contribution is 2.42. The molecule has 0 fully saturated rings. The molecule has 2 N–H and O–H groups in total. The predicted octanol–water partition coefficient (Wildman–Crippen LogP) is 6.32. The molecule has 0 spiro atoms. The Labute approximate surface area is 239 Å². The van der Waals surface area contributed by atoms with Crippen LogP contribution in [0.2, 0.25) is 0 Å². The number of pyridine rings is 1. The van der Waals surface area contributed by atoms with Crippen LogP contribution in [0.3, 0.4) is 0 Å². The van der Waals surface area contributed by atoms with Gasteiger partial charge in [-0.25, -0.2) is 14.2 Å². The monoisotopic (exact) mass is 577 g/mol. The Bertz CT molecular complexity index is 1580. The van der Waals surface area contributed by atoms with Crippen LogP contribution in [0.4, 0.5) is 10.1 Å². The van der Waals surface area contributed by atoms with Crippen LogP contribution in [0, 0.1) is 17.1 Å². The van der Waals surface area contributed by atoms with Crippen LogP contribution in [-0.2, 0) is 26.0 Å². The Hall–Kier alpha value is -4.23. The molecule has 0 saturated carbocycles. The molecular weight excluding hydrogens is 545 g/mol.